The van der Waals surface area contributed by atoms with Gasteiger partial charge in [-0.1, -0.05) is 0 Å². The maximum Gasteiger partial charge on any atom is 0.351 e. The molecular formula is C10H14FN3O4. The van der Waals surface area contributed by atoms with Crippen LogP contribution in [0.4, 0.5) is 10.2 Å². The summed E-state index contributed by atoms with van der Waals surface area (Å²) in [6.45, 7) is -1.71. The summed E-state index contributed by atoms with van der Waals surface area (Å²) < 4.78 is 19.3. The molecule has 1 fully saturated rings. The summed E-state index contributed by atoms with van der Waals surface area (Å²) in [5.74, 6) is 0.0636. The minimum absolute atomic E-state index is 0.00398. The maximum atomic E-state index is 12.9. The van der Waals surface area contributed by atoms with Crippen LogP contribution in [0.25, 0.3) is 0 Å². The molecule has 1 saturated heterocycles. The Morgan fingerprint density at radius 1 is 1.72 bits per heavy atom. The average Bonchev–Trinajstić information content (AvgIpc) is 2.67. The quantitative estimate of drug-likeness (QED) is 0.629. The number of aliphatic hydroxyl groups is 2. The molecule has 1 aromatic heterocycles. The van der Waals surface area contributed by atoms with E-state index in [2.05, 4.69) is 4.98 Å². The Hall–Kier alpha value is -1.51. The average molecular weight is 259 g/mol. The Morgan fingerprint density at radius 2 is 2.44 bits per heavy atom. The van der Waals surface area contributed by atoms with Gasteiger partial charge in [-0.05, 0) is 6.07 Å². The number of aromatic nitrogens is 2. The number of anilines is 1. The van der Waals surface area contributed by atoms with Gasteiger partial charge in [0, 0.05) is 12.6 Å². The number of nitrogen functional groups attached to an aromatic ring is 1. The third kappa shape index (κ3) is 1.98. The van der Waals surface area contributed by atoms with Crippen molar-refractivity contribution in [2.45, 2.75) is 24.4 Å². The molecule has 2 heterocycles. The van der Waals surface area contributed by atoms with E-state index >= 15 is 0 Å². The Balaban J connectivity index is 2.30. The van der Waals surface area contributed by atoms with Crippen LogP contribution < -0.4 is 11.4 Å². The highest BCUT2D eigenvalue weighted by Crippen LogP contribution is 2.36. The van der Waals surface area contributed by atoms with Crippen LogP contribution in [0.1, 0.15) is 12.6 Å². The molecule has 0 radical (unpaired) electrons. The molecule has 0 aliphatic carbocycles. The number of nitrogens with zero attached hydrogens (tertiary/aromatic N) is 2. The molecule has 1 aromatic rings. The number of ether oxygens (including phenoxy) is 1. The Morgan fingerprint density at radius 3 is 2.94 bits per heavy atom. The van der Waals surface area contributed by atoms with Crippen molar-refractivity contribution in [1.82, 2.24) is 9.55 Å². The first-order chi connectivity index (χ1) is 8.52. The van der Waals surface area contributed by atoms with E-state index in [9.17, 15) is 14.3 Å². The van der Waals surface area contributed by atoms with Crippen LogP contribution >= 0.6 is 0 Å². The van der Waals surface area contributed by atoms with Crippen LogP contribution in [0.15, 0.2) is 17.1 Å². The van der Waals surface area contributed by atoms with Gasteiger partial charge in [-0.3, -0.25) is 4.57 Å². The highest BCUT2D eigenvalue weighted by atomic mass is 19.1. The first-order valence-electron chi connectivity index (χ1n) is 5.40. The molecule has 7 nitrogen and oxygen atoms in total. The molecule has 18 heavy (non-hydrogen) atoms. The summed E-state index contributed by atoms with van der Waals surface area (Å²) in [4.78, 5) is 15.1. The first-order valence-corrected chi connectivity index (χ1v) is 5.40. The third-order valence-electron chi connectivity index (χ3n) is 3.06. The number of alkyl halides is 1. The van der Waals surface area contributed by atoms with Crippen molar-refractivity contribution in [1.29, 1.82) is 0 Å². The van der Waals surface area contributed by atoms with E-state index in [1.54, 1.807) is 0 Å². The second-order valence-corrected chi connectivity index (χ2v) is 4.22. The molecule has 2 rings (SSSR count). The fourth-order valence-corrected chi connectivity index (χ4v) is 1.92. The van der Waals surface area contributed by atoms with Crippen molar-refractivity contribution in [2.75, 3.05) is 19.0 Å². The standard InChI is InChI=1S/C10H14FN3O4/c11-4-10(5-15)6(16)3-8(18-10)14-2-1-7(12)13-9(14)17/h1-2,6,8,15-16H,3-5H2,(H2,12,13,17)/t6-,8?,10+/m0/s1. The zero-order valence-corrected chi connectivity index (χ0v) is 9.49. The van der Waals surface area contributed by atoms with Crippen LogP contribution in [-0.4, -0.2) is 44.8 Å². The van der Waals surface area contributed by atoms with Crippen LogP contribution in [0.5, 0.6) is 0 Å². The second kappa shape index (κ2) is 4.63. The topological polar surface area (TPSA) is 111 Å². The number of hydrogen-bond donors (Lipinski definition) is 3. The lowest BCUT2D eigenvalue weighted by Crippen LogP contribution is -2.45. The monoisotopic (exact) mass is 259 g/mol. The maximum absolute atomic E-state index is 12.9. The van der Waals surface area contributed by atoms with Crippen LogP contribution in [0.2, 0.25) is 0 Å². The van der Waals surface area contributed by atoms with Gasteiger partial charge >= 0.3 is 5.69 Å². The van der Waals surface area contributed by atoms with Crippen molar-refractivity contribution in [3.8, 4) is 0 Å². The smallest absolute Gasteiger partial charge is 0.351 e. The van der Waals surface area contributed by atoms with Crippen molar-refractivity contribution >= 4 is 5.82 Å². The van der Waals surface area contributed by atoms with Crippen molar-refractivity contribution in [3.63, 3.8) is 0 Å². The molecule has 0 saturated carbocycles. The molecule has 3 atom stereocenters. The molecule has 1 aliphatic rings. The van der Waals surface area contributed by atoms with E-state index in [0.29, 0.717) is 0 Å². The van der Waals surface area contributed by atoms with Crippen LogP contribution in [-0.2, 0) is 4.74 Å². The van der Waals surface area contributed by atoms with E-state index in [1.807, 2.05) is 0 Å². The molecular weight excluding hydrogens is 245 g/mol. The molecule has 0 amide bonds. The fraction of sp³-hybridized carbons (Fsp3) is 0.600. The van der Waals surface area contributed by atoms with Gasteiger partial charge in [0.05, 0.1) is 12.7 Å². The van der Waals surface area contributed by atoms with Gasteiger partial charge in [-0.2, -0.15) is 4.98 Å². The Bertz CT molecular complexity index is 488. The van der Waals surface area contributed by atoms with Gasteiger partial charge < -0.3 is 20.7 Å². The molecule has 1 unspecified atom stereocenters. The van der Waals surface area contributed by atoms with Gasteiger partial charge in [-0.25, -0.2) is 9.18 Å². The van der Waals surface area contributed by atoms with Crippen molar-refractivity contribution in [3.05, 3.63) is 22.7 Å². The summed E-state index contributed by atoms with van der Waals surface area (Å²) in [7, 11) is 0. The summed E-state index contributed by atoms with van der Waals surface area (Å²) in [5, 5.41) is 18.8. The predicted molar refractivity (Wildman–Crippen MR) is 59.4 cm³/mol. The zero-order chi connectivity index (χ0) is 13.3. The van der Waals surface area contributed by atoms with E-state index in [0.717, 1.165) is 4.57 Å². The highest BCUT2D eigenvalue weighted by molar-refractivity contribution is 5.23. The predicted octanol–water partition coefficient (Wildman–Crippen LogP) is -1.19. The van der Waals surface area contributed by atoms with E-state index in [4.69, 9.17) is 15.6 Å². The number of aliphatic hydroxyl groups excluding tert-OH is 2. The van der Waals surface area contributed by atoms with Crippen molar-refractivity contribution in [2.24, 2.45) is 0 Å². The third-order valence-corrected chi connectivity index (χ3v) is 3.06. The van der Waals surface area contributed by atoms with Crippen LogP contribution in [0, 0.1) is 0 Å². The molecule has 8 heteroatoms. The SMILES string of the molecule is Nc1ccn(C2C[C@H](O)[C@](CO)(CF)O2)c(=O)n1. The Labute approximate surface area is 102 Å². The summed E-state index contributed by atoms with van der Waals surface area (Å²) >= 11 is 0. The number of rotatable bonds is 3. The minimum Gasteiger partial charge on any atom is -0.393 e. The molecule has 100 valence electrons. The van der Waals surface area contributed by atoms with Crippen molar-refractivity contribution < 1.29 is 19.3 Å². The number of hydrogen-bond acceptors (Lipinski definition) is 6. The number of halogens is 1. The highest BCUT2D eigenvalue weighted by Gasteiger charge is 2.49. The summed E-state index contributed by atoms with van der Waals surface area (Å²) in [6, 6.07) is 1.39. The lowest BCUT2D eigenvalue weighted by molar-refractivity contribution is -0.137. The summed E-state index contributed by atoms with van der Waals surface area (Å²) in [6.07, 6.45) is -0.713. The summed E-state index contributed by atoms with van der Waals surface area (Å²) in [5.41, 5.74) is 3.02. The number of nitrogens with two attached hydrogens (primary N) is 1. The van der Waals surface area contributed by atoms with Gasteiger partial charge in [0.15, 0.2) is 0 Å². The van der Waals surface area contributed by atoms with E-state index < -0.39 is 36.9 Å². The van der Waals surface area contributed by atoms with Gasteiger partial charge in [0.25, 0.3) is 0 Å². The zero-order valence-electron chi connectivity index (χ0n) is 9.49. The molecule has 0 spiro atoms. The van der Waals surface area contributed by atoms with Gasteiger partial charge in [-0.15, -0.1) is 0 Å². The fourth-order valence-electron chi connectivity index (χ4n) is 1.92. The van der Waals surface area contributed by atoms with E-state index in [-0.39, 0.29) is 12.2 Å². The van der Waals surface area contributed by atoms with Gasteiger partial charge in [0.2, 0.25) is 0 Å². The van der Waals surface area contributed by atoms with Crippen LogP contribution in [0.3, 0.4) is 0 Å². The largest absolute Gasteiger partial charge is 0.393 e. The molecule has 1 aliphatic heterocycles. The minimum atomic E-state index is -1.68. The normalized spacial score (nSPS) is 31.7. The second-order valence-electron chi connectivity index (χ2n) is 4.22. The Kier molecular flexibility index (Phi) is 3.33. The van der Waals surface area contributed by atoms with E-state index in [1.165, 1.54) is 12.3 Å². The molecule has 0 aromatic carbocycles. The lowest BCUT2D eigenvalue weighted by Gasteiger charge is -2.26. The molecule has 4 N–H and O–H groups in total. The lowest BCUT2D eigenvalue weighted by atomic mass is 10.00. The van der Waals surface area contributed by atoms with Gasteiger partial charge in [0.1, 0.15) is 24.3 Å². The first kappa shape index (κ1) is 12.9. The molecule has 0 bridgehead atoms.